The molecule has 0 radical (unpaired) electrons. The monoisotopic (exact) mass is 215 g/mol. The molecule has 2 N–H and O–H groups in total. The van der Waals surface area contributed by atoms with Gasteiger partial charge in [0.25, 0.3) is 0 Å². The van der Waals surface area contributed by atoms with E-state index in [0.717, 1.165) is 32.6 Å². The molecule has 0 amide bonds. The fourth-order valence-corrected chi connectivity index (χ4v) is 1.95. The van der Waals surface area contributed by atoms with E-state index in [2.05, 4.69) is 12.2 Å². The molecule has 0 aromatic carbocycles. The molecule has 1 unspecified atom stereocenters. The fraction of sp³-hybridized carbons (Fsp3) is 0.909. The maximum atomic E-state index is 10.3. The van der Waals surface area contributed by atoms with E-state index < -0.39 is 5.97 Å². The van der Waals surface area contributed by atoms with Gasteiger partial charge in [-0.1, -0.05) is 0 Å². The van der Waals surface area contributed by atoms with Crippen LogP contribution in [0.3, 0.4) is 0 Å². The first-order valence-corrected chi connectivity index (χ1v) is 5.73. The first-order valence-electron chi connectivity index (χ1n) is 5.73. The van der Waals surface area contributed by atoms with E-state index in [-0.39, 0.29) is 6.42 Å². The molecule has 0 aliphatic carbocycles. The zero-order valence-corrected chi connectivity index (χ0v) is 9.37. The molecule has 0 aromatic rings. The van der Waals surface area contributed by atoms with Crippen molar-refractivity contribution in [3.63, 3.8) is 0 Å². The molecule has 0 aromatic heterocycles. The number of aliphatic carboxylic acids is 1. The van der Waals surface area contributed by atoms with E-state index in [9.17, 15) is 4.79 Å². The summed E-state index contributed by atoms with van der Waals surface area (Å²) in [5, 5.41) is 11.9. The molecule has 1 rings (SSSR count). The molecular formula is C11H21NO3. The molecule has 1 aliphatic rings. The number of carbonyl (C=O) groups is 1. The van der Waals surface area contributed by atoms with Gasteiger partial charge in [-0.25, -0.2) is 0 Å². The van der Waals surface area contributed by atoms with Gasteiger partial charge in [0.05, 0.1) is 0 Å². The van der Waals surface area contributed by atoms with Crippen molar-refractivity contribution in [3.05, 3.63) is 0 Å². The molecule has 1 fully saturated rings. The summed E-state index contributed by atoms with van der Waals surface area (Å²) in [5.41, 5.74) is 0. The van der Waals surface area contributed by atoms with Crippen LogP contribution in [0.15, 0.2) is 0 Å². The van der Waals surface area contributed by atoms with Crippen LogP contribution in [-0.4, -0.2) is 36.9 Å². The highest BCUT2D eigenvalue weighted by atomic mass is 16.5. The third kappa shape index (κ3) is 5.14. The van der Waals surface area contributed by atoms with Crippen LogP contribution in [0.25, 0.3) is 0 Å². The Morgan fingerprint density at radius 1 is 1.53 bits per heavy atom. The minimum Gasteiger partial charge on any atom is -0.481 e. The summed E-state index contributed by atoms with van der Waals surface area (Å²) in [5.74, 6) is -0.0286. The summed E-state index contributed by atoms with van der Waals surface area (Å²) in [4.78, 5) is 10.3. The highest BCUT2D eigenvalue weighted by molar-refractivity contribution is 5.66. The van der Waals surface area contributed by atoms with Gasteiger partial charge in [0.2, 0.25) is 0 Å². The van der Waals surface area contributed by atoms with Crippen molar-refractivity contribution in [1.29, 1.82) is 0 Å². The van der Waals surface area contributed by atoms with E-state index in [1.807, 2.05) is 0 Å². The lowest BCUT2D eigenvalue weighted by molar-refractivity contribution is -0.137. The van der Waals surface area contributed by atoms with E-state index >= 15 is 0 Å². The van der Waals surface area contributed by atoms with Crippen molar-refractivity contribution in [2.24, 2.45) is 5.92 Å². The highest BCUT2D eigenvalue weighted by Crippen LogP contribution is 2.18. The summed E-state index contributed by atoms with van der Waals surface area (Å²) in [6.07, 6.45) is 3.20. The molecule has 1 aliphatic heterocycles. The Hall–Kier alpha value is -0.610. The Bertz CT molecular complexity index is 190. The Kier molecular flexibility index (Phi) is 5.65. The number of carboxylic acid groups (broad SMARTS) is 1. The normalized spacial score (nSPS) is 20.1. The number of ether oxygens (including phenoxy) is 1. The van der Waals surface area contributed by atoms with Crippen LogP contribution in [-0.2, 0) is 9.53 Å². The van der Waals surface area contributed by atoms with E-state index in [4.69, 9.17) is 9.84 Å². The predicted octanol–water partition coefficient (Wildman–Crippen LogP) is 1.26. The van der Waals surface area contributed by atoms with Crippen LogP contribution in [0.5, 0.6) is 0 Å². The Morgan fingerprint density at radius 3 is 2.80 bits per heavy atom. The second kappa shape index (κ2) is 6.80. The Balaban J connectivity index is 2.06. The number of carboxylic acids is 1. The second-order valence-corrected chi connectivity index (χ2v) is 4.19. The van der Waals surface area contributed by atoms with Gasteiger partial charge in [0.15, 0.2) is 0 Å². The smallest absolute Gasteiger partial charge is 0.303 e. The van der Waals surface area contributed by atoms with Crippen molar-refractivity contribution >= 4 is 5.97 Å². The fourth-order valence-electron chi connectivity index (χ4n) is 1.95. The zero-order valence-electron chi connectivity index (χ0n) is 9.37. The second-order valence-electron chi connectivity index (χ2n) is 4.19. The maximum Gasteiger partial charge on any atom is 0.303 e. The molecule has 1 heterocycles. The number of hydrogen-bond acceptors (Lipinski definition) is 3. The molecule has 4 heteroatoms. The van der Waals surface area contributed by atoms with Gasteiger partial charge in [-0.3, -0.25) is 4.79 Å². The van der Waals surface area contributed by atoms with Crippen molar-refractivity contribution < 1.29 is 14.6 Å². The van der Waals surface area contributed by atoms with Crippen LogP contribution in [0, 0.1) is 5.92 Å². The van der Waals surface area contributed by atoms with E-state index in [1.54, 1.807) is 0 Å². The largest absolute Gasteiger partial charge is 0.481 e. The quantitative estimate of drug-likeness (QED) is 0.655. The minimum absolute atomic E-state index is 0.257. The summed E-state index contributed by atoms with van der Waals surface area (Å²) in [7, 11) is 0. The van der Waals surface area contributed by atoms with Crippen molar-refractivity contribution in [2.75, 3.05) is 19.8 Å². The van der Waals surface area contributed by atoms with E-state index in [0.29, 0.717) is 18.4 Å². The number of nitrogens with one attached hydrogen (secondary N) is 1. The molecule has 0 saturated carbocycles. The van der Waals surface area contributed by atoms with Crippen LogP contribution < -0.4 is 5.32 Å². The summed E-state index contributed by atoms with van der Waals surface area (Å²) in [6.45, 7) is 4.71. The van der Waals surface area contributed by atoms with Gasteiger partial charge in [0.1, 0.15) is 0 Å². The molecule has 1 saturated heterocycles. The molecule has 4 nitrogen and oxygen atoms in total. The lowest BCUT2D eigenvalue weighted by Gasteiger charge is -2.28. The lowest BCUT2D eigenvalue weighted by Crippen LogP contribution is -2.37. The van der Waals surface area contributed by atoms with Crippen LogP contribution in [0.2, 0.25) is 0 Å². The first kappa shape index (κ1) is 12.5. The number of rotatable bonds is 6. The third-order valence-electron chi connectivity index (χ3n) is 3.01. The standard InChI is InChI=1S/C11H21NO3/c1-9(10-4-7-15-8-5-10)12-6-2-3-11(13)14/h9-10,12H,2-8H2,1H3,(H,13,14). The molecule has 88 valence electrons. The SMILES string of the molecule is CC(NCCCC(=O)O)C1CCOCC1. The molecular weight excluding hydrogens is 194 g/mol. The summed E-state index contributed by atoms with van der Waals surface area (Å²) >= 11 is 0. The predicted molar refractivity (Wildman–Crippen MR) is 57.9 cm³/mol. The molecule has 15 heavy (non-hydrogen) atoms. The van der Waals surface area contributed by atoms with Gasteiger partial charge in [-0.2, -0.15) is 0 Å². The topological polar surface area (TPSA) is 58.6 Å². The van der Waals surface area contributed by atoms with Crippen LogP contribution in [0.4, 0.5) is 0 Å². The lowest BCUT2D eigenvalue weighted by atomic mass is 9.93. The van der Waals surface area contributed by atoms with Gasteiger partial charge >= 0.3 is 5.97 Å². The number of hydrogen-bond donors (Lipinski definition) is 2. The third-order valence-corrected chi connectivity index (χ3v) is 3.01. The van der Waals surface area contributed by atoms with Crippen molar-refractivity contribution in [3.8, 4) is 0 Å². The Morgan fingerprint density at radius 2 is 2.20 bits per heavy atom. The van der Waals surface area contributed by atoms with Gasteiger partial charge < -0.3 is 15.2 Å². The summed E-state index contributed by atoms with van der Waals surface area (Å²) in [6, 6.07) is 0.475. The average Bonchev–Trinajstić information content (AvgIpc) is 2.25. The highest BCUT2D eigenvalue weighted by Gasteiger charge is 2.19. The van der Waals surface area contributed by atoms with Gasteiger partial charge in [-0.15, -0.1) is 0 Å². The van der Waals surface area contributed by atoms with Gasteiger partial charge in [-0.05, 0) is 38.6 Å². The molecule has 0 spiro atoms. The van der Waals surface area contributed by atoms with Crippen molar-refractivity contribution in [2.45, 2.75) is 38.6 Å². The van der Waals surface area contributed by atoms with Crippen molar-refractivity contribution in [1.82, 2.24) is 5.32 Å². The molecule has 0 bridgehead atoms. The Labute approximate surface area is 91.0 Å². The maximum absolute atomic E-state index is 10.3. The first-order chi connectivity index (χ1) is 7.20. The van der Waals surface area contributed by atoms with E-state index in [1.165, 1.54) is 0 Å². The summed E-state index contributed by atoms with van der Waals surface area (Å²) < 4.78 is 5.30. The van der Waals surface area contributed by atoms with Gasteiger partial charge in [0, 0.05) is 25.7 Å². The van der Waals surface area contributed by atoms with Crippen LogP contribution in [0.1, 0.15) is 32.6 Å². The minimum atomic E-state index is -0.712. The van der Waals surface area contributed by atoms with Crippen LogP contribution >= 0.6 is 0 Å². The zero-order chi connectivity index (χ0) is 11.1. The molecule has 1 atom stereocenters. The average molecular weight is 215 g/mol.